The van der Waals surface area contributed by atoms with Crippen molar-refractivity contribution in [2.45, 2.75) is 24.7 Å². The maximum atomic E-state index is 13.3. The predicted molar refractivity (Wildman–Crippen MR) is 129 cm³/mol. The first kappa shape index (κ1) is 32.0. The van der Waals surface area contributed by atoms with Gasteiger partial charge in [-0.1, -0.05) is 0 Å². The van der Waals surface area contributed by atoms with E-state index < -0.39 is 81.6 Å². The quantitative estimate of drug-likeness (QED) is 0.177. The second kappa shape index (κ2) is 10.9. The van der Waals surface area contributed by atoms with Gasteiger partial charge >= 0.3 is 24.7 Å². The third kappa shape index (κ3) is 6.64. The maximum absolute atomic E-state index is 13.3. The maximum Gasteiger partial charge on any atom is 0.416 e. The van der Waals surface area contributed by atoms with E-state index in [0.29, 0.717) is 24.3 Å². The van der Waals surface area contributed by atoms with Crippen molar-refractivity contribution in [3.05, 3.63) is 82.4 Å². The highest BCUT2D eigenvalue weighted by Gasteiger charge is 2.39. The first-order chi connectivity index (χ1) is 21.2. The lowest BCUT2D eigenvalue weighted by molar-refractivity contribution is -0.144. The molecule has 5 aromatic rings. The van der Waals surface area contributed by atoms with Crippen LogP contribution in [0.3, 0.4) is 0 Å². The van der Waals surface area contributed by atoms with Gasteiger partial charge in [0.25, 0.3) is 0 Å². The van der Waals surface area contributed by atoms with E-state index >= 15 is 0 Å². The topological polar surface area (TPSA) is 102 Å². The average molecular weight is 663 g/mol. The molecule has 46 heavy (non-hydrogen) atoms. The minimum atomic E-state index is -5.17. The van der Waals surface area contributed by atoms with Crippen LogP contribution in [0, 0.1) is 11.3 Å². The summed E-state index contributed by atoms with van der Waals surface area (Å²) >= 11 is 0. The lowest BCUT2D eigenvalue weighted by atomic mass is 10.0. The Balaban J connectivity index is 1.55. The van der Waals surface area contributed by atoms with Crippen LogP contribution in [0.1, 0.15) is 27.8 Å². The van der Waals surface area contributed by atoms with Crippen molar-refractivity contribution in [2.24, 2.45) is 0 Å². The molecule has 0 spiro atoms. The summed E-state index contributed by atoms with van der Waals surface area (Å²) in [6.45, 7) is 0. The van der Waals surface area contributed by atoms with Crippen LogP contribution >= 0.6 is 0 Å². The Hall–Kier alpha value is -5.41. The molecule has 2 heterocycles. The van der Waals surface area contributed by atoms with Gasteiger partial charge < -0.3 is 8.83 Å². The van der Waals surface area contributed by atoms with E-state index in [1.54, 1.807) is 6.07 Å². The molecule has 3 aromatic carbocycles. The van der Waals surface area contributed by atoms with Crippen molar-refractivity contribution in [1.82, 2.24) is 20.4 Å². The standard InChI is InChI=1S/C27H9F12N5O2/c28-24(29,30)16-4-14(5-17(8-16)25(31,32)33)22-43-41-20(45-22)12-1-11(10-40)2-13(3-12)21-42-44-23(46-21)15-6-18(26(34,35)36)9-19(7-15)27(37,38)39/h1-9H. The largest absolute Gasteiger partial charge is 0.416 e. The van der Waals surface area contributed by atoms with Gasteiger partial charge in [0.2, 0.25) is 23.6 Å². The molecule has 19 heteroatoms. The highest BCUT2D eigenvalue weighted by molar-refractivity contribution is 5.69. The molecule has 0 radical (unpaired) electrons. The van der Waals surface area contributed by atoms with Crippen molar-refractivity contribution in [1.29, 1.82) is 5.26 Å². The van der Waals surface area contributed by atoms with Gasteiger partial charge in [-0.3, -0.25) is 0 Å². The van der Waals surface area contributed by atoms with Crippen molar-refractivity contribution in [2.75, 3.05) is 0 Å². The molecule has 0 aliphatic carbocycles. The second-order valence-corrected chi connectivity index (χ2v) is 9.32. The first-order valence-corrected chi connectivity index (χ1v) is 12.0. The fraction of sp³-hybridized carbons (Fsp3) is 0.148. The molecule has 7 nitrogen and oxygen atoms in total. The van der Waals surface area contributed by atoms with Crippen LogP contribution < -0.4 is 0 Å². The molecular formula is C27H9F12N5O2. The van der Waals surface area contributed by atoms with Crippen molar-refractivity contribution in [3.63, 3.8) is 0 Å². The molecule has 0 saturated carbocycles. The summed E-state index contributed by atoms with van der Waals surface area (Å²) in [6, 6.07) is 6.28. The molecule has 238 valence electrons. The second-order valence-electron chi connectivity index (χ2n) is 9.32. The zero-order chi connectivity index (χ0) is 33.8. The van der Waals surface area contributed by atoms with E-state index in [9.17, 15) is 57.9 Å². The number of aromatic nitrogens is 4. The zero-order valence-corrected chi connectivity index (χ0v) is 21.8. The van der Waals surface area contributed by atoms with Crippen molar-refractivity contribution in [3.8, 4) is 51.9 Å². The van der Waals surface area contributed by atoms with Crippen LogP contribution in [-0.2, 0) is 24.7 Å². The molecule has 0 aliphatic heterocycles. The lowest BCUT2D eigenvalue weighted by Crippen LogP contribution is -2.11. The molecular weight excluding hydrogens is 654 g/mol. The molecule has 0 unspecified atom stereocenters. The van der Waals surface area contributed by atoms with E-state index in [4.69, 9.17) is 8.83 Å². The number of halogens is 12. The van der Waals surface area contributed by atoms with Gasteiger partial charge in [-0.2, -0.15) is 57.9 Å². The fourth-order valence-electron chi connectivity index (χ4n) is 4.01. The number of hydrogen-bond acceptors (Lipinski definition) is 7. The summed E-state index contributed by atoms with van der Waals surface area (Å²) < 4.78 is 170. The van der Waals surface area contributed by atoms with E-state index in [2.05, 4.69) is 20.4 Å². The number of alkyl halides is 12. The van der Waals surface area contributed by atoms with Crippen LogP contribution in [0.4, 0.5) is 52.7 Å². The highest BCUT2D eigenvalue weighted by Crippen LogP contribution is 2.41. The van der Waals surface area contributed by atoms with E-state index in [1.165, 1.54) is 0 Å². The number of benzene rings is 3. The molecule has 0 fully saturated rings. The van der Waals surface area contributed by atoms with Gasteiger partial charge in [-0.25, -0.2) is 0 Å². The number of nitriles is 1. The lowest BCUT2D eigenvalue weighted by Gasteiger charge is -2.12. The zero-order valence-electron chi connectivity index (χ0n) is 21.8. The monoisotopic (exact) mass is 663 g/mol. The van der Waals surface area contributed by atoms with E-state index in [1.807, 2.05) is 0 Å². The average Bonchev–Trinajstić information content (AvgIpc) is 3.66. The highest BCUT2D eigenvalue weighted by atomic mass is 19.4. The minimum Gasteiger partial charge on any atom is -0.416 e. The Labute approximate surface area is 246 Å². The molecule has 2 aromatic heterocycles. The molecule has 5 rings (SSSR count). The molecule has 0 atom stereocenters. The number of rotatable bonds is 4. The van der Waals surface area contributed by atoms with Gasteiger partial charge in [0.15, 0.2) is 0 Å². The summed E-state index contributed by atoms with van der Waals surface area (Å²) in [5.74, 6) is -2.54. The predicted octanol–water partition coefficient (Wildman–Crippen LogP) is 9.07. The van der Waals surface area contributed by atoms with E-state index in [-0.39, 0.29) is 28.8 Å². The van der Waals surface area contributed by atoms with Crippen LogP contribution in [0.15, 0.2) is 63.4 Å². The SMILES string of the molecule is N#Cc1cc(-c2nnc(-c3cc(C(F)(F)F)cc(C(F)(F)F)c3)o2)cc(-c2nnc(-c3cc(C(F)(F)F)cc(C(F)(F)F)c3)o2)c1. The Kier molecular flexibility index (Phi) is 7.57. The smallest absolute Gasteiger partial charge is 0.416 e. The summed E-state index contributed by atoms with van der Waals surface area (Å²) in [5, 5.41) is 23.7. The third-order valence-corrected chi connectivity index (χ3v) is 6.08. The van der Waals surface area contributed by atoms with Crippen LogP contribution in [0.2, 0.25) is 0 Å². The van der Waals surface area contributed by atoms with E-state index in [0.717, 1.165) is 18.2 Å². The van der Waals surface area contributed by atoms with Crippen LogP contribution in [0.25, 0.3) is 45.8 Å². The summed E-state index contributed by atoms with van der Waals surface area (Å²) in [7, 11) is 0. The summed E-state index contributed by atoms with van der Waals surface area (Å²) in [5.41, 5.74) is -8.55. The van der Waals surface area contributed by atoms with Crippen LogP contribution in [-0.4, -0.2) is 20.4 Å². The Morgan fingerprint density at radius 3 is 0.913 bits per heavy atom. The molecule has 0 bridgehead atoms. The first-order valence-electron chi connectivity index (χ1n) is 12.0. The Bertz CT molecular complexity index is 1780. The molecule has 0 saturated heterocycles. The summed E-state index contributed by atoms with van der Waals surface area (Å²) in [4.78, 5) is 0. The van der Waals surface area contributed by atoms with Crippen molar-refractivity contribution >= 4 is 0 Å². The summed E-state index contributed by atoms with van der Waals surface area (Å²) in [6.07, 6.45) is -20.7. The Morgan fingerprint density at radius 1 is 0.413 bits per heavy atom. The van der Waals surface area contributed by atoms with Gasteiger partial charge in [-0.15, -0.1) is 20.4 Å². The van der Waals surface area contributed by atoms with Gasteiger partial charge in [0.05, 0.1) is 33.9 Å². The van der Waals surface area contributed by atoms with Gasteiger partial charge in [-0.05, 0) is 54.6 Å². The molecule has 0 N–H and O–H groups in total. The fourth-order valence-corrected chi connectivity index (χ4v) is 4.01. The van der Waals surface area contributed by atoms with Crippen molar-refractivity contribution < 1.29 is 61.5 Å². The van der Waals surface area contributed by atoms with Crippen LogP contribution in [0.5, 0.6) is 0 Å². The third-order valence-electron chi connectivity index (χ3n) is 6.08. The molecule has 0 aliphatic rings. The van der Waals surface area contributed by atoms with Gasteiger partial charge in [0, 0.05) is 22.3 Å². The minimum absolute atomic E-state index is 0.106. The molecule has 0 amide bonds. The number of hydrogen-bond donors (Lipinski definition) is 0. The van der Waals surface area contributed by atoms with Gasteiger partial charge in [0.1, 0.15) is 0 Å². The number of nitrogens with zero attached hydrogens (tertiary/aromatic N) is 5. The Morgan fingerprint density at radius 2 is 0.674 bits per heavy atom. The normalized spacial score (nSPS) is 12.8.